The average molecular weight is 214 g/mol. The van der Waals surface area contributed by atoms with E-state index in [1.807, 2.05) is 0 Å². The van der Waals surface area contributed by atoms with E-state index in [2.05, 4.69) is 0 Å². The molecule has 1 N–H and O–H groups in total. The second kappa shape index (κ2) is 5.38. The van der Waals surface area contributed by atoms with E-state index >= 15 is 0 Å². The molecule has 0 unspecified atom stereocenters. The summed E-state index contributed by atoms with van der Waals surface area (Å²) in [5.41, 5.74) is -0.369. The normalized spacial score (nSPS) is 9.36. The molecule has 14 heavy (non-hydrogen) atoms. The summed E-state index contributed by atoms with van der Waals surface area (Å²) in [5.74, 6) is -4.93. The molecule has 0 aliphatic carbocycles. The zero-order valence-electron chi connectivity index (χ0n) is 6.35. The fourth-order valence-corrected chi connectivity index (χ4v) is 0.862. The molecule has 0 aromatic heterocycles. The van der Waals surface area contributed by atoms with Gasteiger partial charge in [0.2, 0.25) is 0 Å². The molecule has 0 aliphatic heterocycles. The molecule has 0 saturated heterocycles. The van der Waals surface area contributed by atoms with Gasteiger partial charge in [-0.2, -0.15) is 0 Å². The van der Waals surface area contributed by atoms with E-state index in [0.29, 0.717) is 12.1 Å². The van der Waals surface area contributed by atoms with Crippen molar-refractivity contribution in [2.75, 3.05) is 0 Å². The Kier molecular flexibility index (Phi) is 5.18. The van der Waals surface area contributed by atoms with Crippen molar-refractivity contribution < 1.29 is 23.1 Å². The quantitative estimate of drug-likeness (QED) is 0.590. The Labute approximate surface area is 100 Å². The summed E-state index contributed by atoms with van der Waals surface area (Å²) < 4.78 is 37.5. The van der Waals surface area contributed by atoms with Gasteiger partial charge in [-0.3, -0.25) is 4.79 Å². The Morgan fingerprint density at radius 2 is 1.64 bits per heavy atom. The number of benzene rings is 1. The van der Waals surface area contributed by atoms with Crippen molar-refractivity contribution in [2.24, 2.45) is 0 Å². The Hall–Kier alpha value is -0.520. The monoisotopic (exact) mass is 214 g/mol. The Balaban J connectivity index is 0.00000169. The molecule has 0 bridgehead atoms. The van der Waals surface area contributed by atoms with Gasteiger partial charge in [-0.1, -0.05) is 0 Å². The molecule has 1 rings (SSSR count). The molecule has 0 aliphatic rings. The van der Waals surface area contributed by atoms with Gasteiger partial charge in [-0.25, -0.2) is 13.2 Å². The van der Waals surface area contributed by atoms with Crippen molar-refractivity contribution in [3.05, 3.63) is 35.1 Å². The molecular weight excluding hydrogens is 208 g/mol. The molecule has 0 atom stereocenters. The van der Waals surface area contributed by atoms with Gasteiger partial charge in [0.1, 0.15) is 5.82 Å². The van der Waals surface area contributed by atoms with E-state index in [1.54, 1.807) is 0 Å². The molecule has 2 nitrogen and oxygen atoms in total. The molecule has 1 aromatic carbocycles. The number of hydrogen-bond donors (Lipinski definition) is 1. The van der Waals surface area contributed by atoms with Gasteiger partial charge >= 0.3 is 35.5 Å². The van der Waals surface area contributed by atoms with Crippen LogP contribution in [0, 0.1) is 17.5 Å². The number of carboxylic acids is 1. The SMILES string of the molecule is O=C(O)Cc1cc(F)c(F)cc1F.[NaH]. The van der Waals surface area contributed by atoms with Crippen LogP contribution in [0.3, 0.4) is 0 Å². The Morgan fingerprint density at radius 3 is 2.14 bits per heavy atom. The molecule has 0 amide bonds. The average Bonchev–Trinajstić information content (AvgIpc) is 1.99. The first-order valence-corrected chi connectivity index (χ1v) is 3.36. The first kappa shape index (κ1) is 13.5. The van der Waals surface area contributed by atoms with Gasteiger partial charge in [0.25, 0.3) is 0 Å². The number of rotatable bonds is 2. The summed E-state index contributed by atoms with van der Waals surface area (Å²) >= 11 is 0. The second-order valence-electron chi connectivity index (χ2n) is 2.43. The van der Waals surface area contributed by atoms with Crippen LogP contribution in [0.25, 0.3) is 0 Å². The fraction of sp³-hybridized carbons (Fsp3) is 0.125. The molecule has 1 aromatic rings. The van der Waals surface area contributed by atoms with Gasteiger partial charge < -0.3 is 5.11 Å². The summed E-state index contributed by atoms with van der Waals surface area (Å²) in [6.07, 6.45) is -0.664. The molecule has 0 radical (unpaired) electrons. The standard InChI is InChI=1S/C8H5F3O2.Na.H/c9-5-3-7(11)6(10)1-4(5)2-8(12)13;;/h1,3H,2H2,(H,12,13);;. The molecule has 0 heterocycles. The van der Waals surface area contributed by atoms with Crippen molar-refractivity contribution >= 4 is 35.5 Å². The van der Waals surface area contributed by atoms with Crippen LogP contribution in [0.15, 0.2) is 12.1 Å². The minimum atomic E-state index is -1.33. The second-order valence-corrected chi connectivity index (χ2v) is 2.43. The van der Waals surface area contributed by atoms with Gasteiger partial charge in [0.05, 0.1) is 6.42 Å². The topological polar surface area (TPSA) is 37.3 Å². The number of hydrogen-bond acceptors (Lipinski definition) is 1. The summed E-state index contributed by atoms with van der Waals surface area (Å²) in [7, 11) is 0. The van der Waals surface area contributed by atoms with Crippen molar-refractivity contribution in [2.45, 2.75) is 6.42 Å². The third kappa shape index (κ3) is 3.32. The zero-order valence-corrected chi connectivity index (χ0v) is 6.35. The van der Waals surface area contributed by atoms with Gasteiger partial charge in [-0.15, -0.1) is 0 Å². The molecular formula is C8H6F3NaO2. The van der Waals surface area contributed by atoms with E-state index in [9.17, 15) is 18.0 Å². The molecule has 72 valence electrons. The molecule has 0 fully saturated rings. The molecule has 6 heteroatoms. The van der Waals surface area contributed by atoms with E-state index in [-0.39, 0.29) is 35.1 Å². The Bertz CT molecular complexity index is 355. The third-order valence-corrected chi connectivity index (χ3v) is 1.43. The number of carbonyl (C=O) groups is 1. The third-order valence-electron chi connectivity index (χ3n) is 1.43. The van der Waals surface area contributed by atoms with Gasteiger partial charge in [-0.05, 0) is 6.07 Å². The van der Waals surface area contributed by atoms with Gasteiger partial charge in [0, 0.05) is 11.6 Å². The summed E-state index contributed by atoms with van der Waals surface area (Å²) in [6.45, 7) is 0. The Morgan fingerprint density at radius 1 is 1.14 bits per heavy atom. The van der Waals surface area contributed by atoms with Crippen molar-refractivity contribution in [1.29, 1.82) is 0 Å². The molecule has 0 saturated carbocycles. The first-order chi connectivity index (χ1) is 6.00. The van der Waals surface area contributed by atoms with Crippen LogP contribution in [-0.2, 0) is 11.2 Å². The maximum atomic E-state index is 12.7. The number of aliphatic carboxylic acids is 1. The number of carboxylic acid groups (broad SMARTS) is 1. The van der Waals surface area contributed by atoms with Crippen LogP contribution in [0.5, 0.6) is 0 Å². The van der Waals surface area contributed by atoms with Crippen LogP contribution < -0.4 is 0 Å². The van der Waals surface area contributed by atoms with E-state index in [4.69, 9.17) is 5.11 Å². The van der Waals surface area contributed by atoms with E-state index in [1.165, 1.54) is 0 Å². The van der Waals surface area contributed by atoms with E-state index < -0.39 is 29.8 Å². The maximum absolute atomic E-state index is 12.7. The van der Waals surface area contributed by atoms with E-state index in [0.717, 1.165) is 0 Å². The molecule has 0 spiro atoms. The fourth-order valence-electron chi connectivity index (χ4n) is 0.862. The van der Waals surface area contributed by atoms with Crippen molar-refractivity contribution in [3.63, 3.8) is 0 Å². The van der Waals surface area contributed by atoms with Crippen LogP contribution in [0.2, 0.25) is 0 Å². The summed E-state index contributed by atoms with van der Waals surface area (Å²) in [4.78, 5) is 10.1. The predicted molar refractivity (Wildman–Crippen MR) is 44.8 cm³/mol. The minimum absolute atomic E-state index is 0. The van der Waals surface area contributed by atoms with Crippen LogP contribution >= 0.6 is 0 Å². The van der Waals surface area contributed by atoms with Crippen LogP contribution in [-0.4, -0.2) is 40.6 Å². The van der Waals surface area contributed by atoms with Crippen molar-refractivity contribution in [3.8, 4) is 0 Å². The predicted octanol–water partition coefficient (Wildman–Crippen LogP) is 1.08. The summed E-state index contributed by atoms with van der Waals surface area (Å²) in [5, 5.41) is 8.27. The van der Waals surface area contributed by atoms with Crippen molar-refractivity contribution in [1.82, 2.24) is 0 Å². The summed E-state index contributed by atoms with van der Waals surface area (Å²) in [6, 6.07) is 0.867. The zero-order chi connectivity index (χ0) is 10.0. The van der Waals surface area contributed by atoms with Crippen LogP contribution in [0.4, 0.5) is 13.2 Å². The first-order valence-electron chi connectivity index (χ1n) is 3.36. The number of halogens is 3. The van der Waals surface area contributed by atoms with Crippen LogP contribution in [0.1, 0.15) is 5.56 Å². The van der Waals surface area contributed by atoms with Gasteiger partial charge in [0.15, 0.2) is 11.6 Å².